The van der Waals surface area contributed by atoms with E-state index in [1.54, 1.807) is 30.3 Å². The number of hydrogen-bond donors (Lipinski definition) is 2. The van der Waals surface area contributed by atoms with Crippen LogP contribution in [0.25, 0.3) is 0 Å². The highest BCUT2D eigenvalue weighted by atomic mass is 32.2. The number of nitrogens with one attached hydrogen (secondary N) is 2. The maximum atomic E-state index is 12.9. The summed E-state index contributed by atoms with van der Waals surface area (Å²) < 4.78 is 26.2. The SMILES string of the molecule is Cc1cccc(N(CCCC(=O)Nc2ccccc2C(=O)N[C@H](C)c2ccccc2)S(C)(=O)=O)c1C. The molecule has 0 saturated carbocycles. The van der Waals surface area contributed by atoms with E-state index in [0.29, 0.717) is 23.4 Å². The van der Waals surface area contributed by atoms with Gasteiger partial charge in [-0.3, -0.25) is 13.9 Å². The predicted molar refractivity (Wildman–Crippen MR) is 145 cm³/mol. The van der Waals surface area contributed by atoms with Gasteiger partial charge in [-0.25, -0.2) is 8.42 Å². The largest absolute Gasteiger partial charge is 0.345 e. The number of amides is 2. The molecule has 8 heteroatoms. The summed E-state index contributed by atoms with van der Waals surface area (Å²) in [7, 11) is -3.52. The van der Waals surface area contributed by atoms with Crippen molar-refractivity contribution in [2.24, 2.45) is 0 Å². The first-order chi connectivity index (χ1) is 17.1. The quantitative estimate of drug-likeness (QED) is 0.405. The van der Waals surface area contributed by atoms with Gasteiger partial charge in [0.15, 0.2) is 0 Å². The first kappa shape index (κ1) is 26.9. The number of benzene rings is 3. The van der Waals surface area contributed by atoms with Crippen molar-refractivity contribution in [2.45, 2.75) is 39.7 Å². The van der Waals surface area contributed by atoms with Crippen LogP contribution in [0.2, 0.25) is 0 Å². The van der Waals surface area contributed by atoms with Crippen LogP contribution in [0.4, 0.5) is 11.4 Å². The van der Waals surface area contributed by atoms with Gasteiger partial charge in [-0.1, -0.05) is 54.6 Å². The highest BCUT2D eigenvalue weighted by molar-refractivity contribution is 7.92. The average Bonchev–Trinajstić information content (AvgIpc) is 2.84. The Labute approximate surface area is 213 Å². The maximum absolute atomic E-state index is 12.9. The molecule has 0 aromatic heterocycles. The van der Waals surface area contributed by atoms with Crippen molar-refractivity contribution < 1.29 is 18.0 Å². The van der Waals surface area contributed by atoms with Gasteiger partial charge in [-0.05, 0) is 62.1 Å². The number of carbonyl (C=O) groups excluding carboxylic acids is 2. The zero-order chi connectivity index (χ0) is 26.3. The molecule has 0 aliphatic rings. The Morgan fingerprint density at radius 3 is 2.28 bits per heavy atom. The highest BCUT2D eigenvalue weighted by Gasteiger charge is 2.20. The van der Waals surface area contributed by atoms with Crippen molar-refractivity contribution in [3.63, 3.8) is 0 Å². The van der Waals surface area contributed by atoms with Gasteiger partial charge in [0.05, 0.1) is 29.2 Å². The van der Waals surface area contributed by atoms with Crippen LogP contribution in [0.5, 0.6) is 0 Å². The molecule has 7 nitrogen and oxygen atoms in total. The van der Waals surface area contributed by atoms with Gasteiger partial charge in [-0.2, -0.15) is 0 Å². The van der Waals surface area contributed by atoms with Gasteiger partial charge >= 0.3 is 0 Å². The van der Waals surface area contributed by atoms with Gasteiger partial charge in [0.2, 0.25) is 15.9 Å². The topological polar surface area (TPSA) is 95.6 Å². The van der Waals surface area contributed by atoms with Crippen LogP contribution in [0, 0.1) is 13.8 Å². The molecule has 0 aliphatic carbocycles. The lowest BCUT2D eigenvalue weighted by molar-refractivity contribution is -0.116. The Hall–Kier alpha value is -3.65. The van der Waals surface area contributed by atoms with Crippen molar-refractivity contribution in [2.75, 3.05) is 22.4 Å². The summed E-state index contributed by atoms with van der Waals surface area (Å²) in [6.07, 6.45) is 1.60. The smallest absolute Gasteiger partial charge is 0.253 e. The number of carbonyl (C=O) groups is 2. The van der Waals surface area contributed by atoms with Crippen LogP contribution < -0.4 is 14.9 Å². The lowest BCUT2D eigenvalue weighted by Crippen LogP contribution is -2.32. The summed E-state index contributed by atoms with van der Waals surface area (Å²) in [4.78, 5) is 25.6. The third-order valence-corrected chi connectivity index (χ3v) is 7.28. The molecule has 0 radical (unpaired) electrons. The molecule has 190 valence electrons. The van der Waals surface area contributed by atoms with Crippen LogP contribution in [-0.2, 0) is 14.8 Å². The van der Waals surface area contributed by atoms with E-state index in [9.17, 15) is 18.0 Å². The summed E-state index contributed by atoms with van der Waals surface area (Å²) in [5.74, 6) is -0.582. The second kappa shape index (κ2) is 11.9. The second-order valence-electron chi connectivity index (χ2n) is 8.86. The summed E-state index contributed by atoms with van der Waals surface area (Å²) in [5, 5.41) is 5.77. The van der Waals surface area contributed by atoms with Gasteiger partial charge in [0.1, 0.15) is 0 Å². The standard InChI is InChI=1S/C28H33N3O4S/c1-20-12-10-17-26(21(20)2)31(36(4,34)35)19-11-18-27(32)30-25-16-9-8-15-24(25)28(33)29-22(3)23-13-6-5-7-14-23/h5-10,12-17,22H,11,18-19H2,1-4H3,(H,29,33)(H,30,32)/t22-/m1/s1. The molecule has 2 N–H and O–H groups in total. The summed E-state index contributed by atoms with van der Waals surface area (Å²) in [6.45, 7) is 5.89. The maximum Gasteiger partial charge on any atom is 0.253 e. The van der Waals surface area contributed by atoms with E-state index in [0.717, 1.165) is 16.7 Å². The molecule has 0 saturated heterocycles. The lowest BCUT2D eigenvalue weighted by atomic mass is 10.1. The number of rotatable bonds is 10. The van der Waals surface area contributed by atoms with Gasteiger partial charge in [0, 0.05) is 13.0 Å². The van der Waals surface area contributed by atoms with E-state index >= 15 is 0 Å². The summed E-state index contributed by atoms with van der Waals surface area (Å²) in [5.41, 5.74) is 4.25. The minimum absolute atomic E-state index is 0.104. The van der Waals surface area contributed by atoms with Crippen LogP contribution in [-0.4, -0.2) is 33.0 Å². The molecule has 0 fully saturated rings. The zero-order valence-corrected chi connectivity index (χ0v) is 21.9. The van der Waals surface area contributed by atoms with Crippen LogP contribution in [0.15, 0.2) is 72.8 Å². The highest BCUT2D eigenvalue weighted by Crippen LogP contribution is 2.25. The molecule has 0 spiro atoms. The van der Waals surface area contributed by atoms with E-state index in [4.69, 9.17) is 0 Å². The molecule has 0 unspecified atom stereocenters. The van der Waals surface area contributed by atoms with Crippen LogP contribution in [0.3, 0.4) is 0 Å². The lowest BCUT2D eigenvalue weighted by Gasteiger charge is -2.25. The van der Waals surface area contributed by atoms with E-state index in [1.807, 2.05) is 63.2 Å². The number of anilines is 2. The third-order valence-electron chi connectivity index (χ3n) is 6.10. The van der Waals surface area contributed by atoms with Crippen LogP contribution in [0.1, 0.15) is 52.9 Å². The molecule has 36 heavy (non-hydrogen) atoms. The van der Waals surface area contributed by atoms with Crippen molar-refractivity contribution in [3.8, 4) is 0 Å². The van der Waals surface area contributed by atoms with E-state index < -0.39 is 10.0 Å². The first-order valence-electron chi connectivity index (χ1n) is 11.9. The van der Waals surface area contributed by atoms with E-state index in [1.165, 1.54) is 10.6 Å². The number of aryl methyl sites for hydroxylation is 1. The normalized spacial score (nSPS) is 12.0. The summed E-state index contributed by atoms with van der Waals surface area (Å²) in [6, 6.07) is 21.8. The minimum Gasteiger partial charge on any atom is -0.345 e. The fourth-order valence-corrected chi connectivity index (χ4v) is 4.97. The minimum atomic E-state index is -3.52. The fourth-order valence-electron chi connectivity index (χ4n) is 3.96. The molecule has 1 atom stereocenters. The van der Waals surface area contributed by atoms with Crippen molar-refractivity contribution >= 4 is 33.2 Å². The van der Waals surface area contributed by atoms with Crippen molar-refractivity contribution in [1.29, 1.82) is 0 Å². The molecule has 3 aromatic carbocycles. The molecule has 3 rings (SSSR count). The van der Waals surface area contributed by atoms with E-state index in [-0.39, 0.29) is 30.8 Å². The Kier molecular flexibility index (Phi) is 8.88. The zero-order valence-electron chi connectivity index (χ0n) is 21.1. The molecule has 0 heterocycles. The van der Waals surface area contributed by atoms with Crippen LogP contribution >= 0.6 is 0 Å². The molecular formula is C28H33N3O4S. The van der Waals surface area contributed by atoms with Gasteiger partial charge in [-0.15, -0.1) is 0 Å². The molecule has 3 aromatic rings. The third kappa shape index (κ3) is 6.95. The molecule has 0 bridgehead atoms. The van der Waals surface area contributed by atoms with E-state index in [2.05, 4.69) is 10.6 Å². The first-order valence-corrected chi connectivity index (χ1v) is 13.7. The molecule has 0 aliphatic heterocycles. The Bertz CT molecular complexity index is 1320. The molecule has 2 amide bonds. The number of sulfonamides is 1. The van der Waals surface area contributed by atoms with Gasteiger partial charge in [0.25, 0.3) is 5.91 Å². The summed E-state index contributed by atoms with van der Waals surface area (Å²) >= 11 is 0. The Balaban J connectivity index is 1.64. The average molecular weight is 508 g/mol. The monoisotopic (exact) mass is 507 g/mol. The predicted octanol–water partition coefficient (Wildman–Crippen LogP) is 4.98. The fraction of sp³-hybridized carbons (Fsp3) is 0.286. The Morgan fingerprint density at radius 1 is 0.917 bits per heavy atom. The Morgan fingerprint density at radius 2 is 1.58 bits per heavy atom. The number of hydrogen-bond acceptors (Lipinski definition) is 4. The van der Waals surface area contributed by atoms with Crippen molar-refractivity contribution in [1.82, 2.24) is 5.32 Å². The van der Waals surface area contributed by atoms with Gasteiger partial charge < -0.3 is 10.6 Å². The number of nitrogens with zero attached hydrogens (tertiary/aromatic N) is 1. The number of para-hydroxylation sites is 1. The van der Waals surface area contributed by atoms with Crippen molar-refractivity contribution in [3.05, 3.63) is 95.1 Å². The molecular weight excluding hydrogens is 474 g/mol. The second-order valence-corrected chi connectivity index (χ2v) is 10.8.